The van der Waals surface area contributed by atoms with E-state index in [1.165, 1.54) is 31.4 Å². The number of nitro benzene ring substituents is 1. The van der Waals surface area contributed by atoms with Gasteiger partial charge in [0.05, 0.1) is 35.0 Å². The molecule has 224 valence electrons. The first-order chi connectivity index (χ1) is 20.3. The molecule has 2 aliphatic carbocycles. The summed E-state index contributed by atoms with van der Waals surface area (Å²) in [5.41, 5.74) is 0.182. The Kier molecular flexibility index (Phi) is 7.19. The number of halogens is 4. The fourth-order valence-electron chi connectivity index (χ4n) is 7.07. The number of hydrogen-bond donors (Lipinski definition) is 1. The molecule has 2 saturated heterocycles. The van der Waals surface area contributed by atoms with Crippen molar-refractivity contribution in [3.8, 4) is 11.5 Å². The third-order valence-electron chi connectivity index (χ3n) is 8.91. The van der Waals surface area contributed by atoms with Gasteiger partial charge >= 0.3 is 0 Å². The monoisotopic (exact) mass is 755 g/mol. The summed E-state index contributed by atoms with van der Waals surface area (Å²) in [6, 6.07) is 8.28. The predicted octanol–water partition coefficient (Wildman–Crippen LogP) is 4.99. The molecule has 0 aromatic heterocycles. The summed E-state index contributed by atoms with van der Waals surface area (Å²) in [5, 5.41) is 22.7. The fraction of sp³-hybridized carbons (Fsp3) is 0.357. The lowest BCUT2D eigenvalue weighted by molar-refractivity contribution is -0.384. The first-order valence-corrected chi connectivity index (χ1v) is 15.7. The van der Waals surface area contributed by atoms with Crippen LogP contribution in [0.1, 0.15) is 24.3 Å². The largest absolute Gasteiger partial charge is 0.504 e. The summed E-state index contributed by atoms with van der Waals surface area (Å²) in [5.74, 6) is -6.87. The third kappa shape index (κ3) is 3.97. The van der Waals surface area contributed by atoms with Gasteiger partial charge in [-0.15, -0.1) is 23.2 Å². The molecule has 6 atom stereocenters. The zero-order valence-electron chi connectivity index (χ0n) is 22.1. The van der Waals surface area contributed by atoms with E-state index in [-0.39, 0.29) is 46.7 Å². The van der Waals surface area contributed by atoms with Gasteiger partial charge in [0.15, 0.2) is 21.2 Å². The first-order valence-electron chi connectivity index (χ1n) is 13.0. The number of methoxy groups -OCH3 is 1. The topological polar surface area (TPSA) is 147 Å². The van der Waals surface area contributed by atoms with E-state index in [0.29, 0.717) is 10.0 Å². The van der Waals surface area contributed by atoms with Gasteiger partial charge in [-0.25, -0.2) is 4.90 Å². The van der Waals surface area contributed by atoms with Crippen LogP contribution < -0.4 is 9.64 Å². The van der Waals surface area contributed by atoms with Crippen molar-refractivity contribution in [2.45, 2.75) is 28.5 Å². The number of rotatable bonds is 5. The van der Waals surface area contributed by atoms with Crippen molar-refractivity contribution in [2.24, 2.45) is 17.8 Å². The number of amides is 4. The van der Waals surface area contributed by atoms with Gasteiger partial charge in [-0.05, 0) is 37.0 Å². The molecule has 1 N–H and O–H groups in total. The molecular formula is C28H21Br2Cl2N3O8. The van der Waals surface area contributed by atoms with Gasteiger partial charge < -0.3 is 9.84 Å². The molecule has 0 spiro atoms. The standard InChI is InChI=1S/C28H21Br2Cl2N3O8/c1-43-19-8-12(30)7-17(22(19)36)21-15-5-6-16-20(18(15)10-27(31)25(39)33(11-29)26(40)28(21,27)32)24(38)34(23(16)37)13-3-2-4-14(9-13)35(41)42/h2-5,7-9,16,18,20-21,36H,6,10-11H2,1H3/t16-,18+,20-,21+,27+,28-/m0/s1. The number of carbonyl (C=O) groups excluding carboxylic acids is 4. The number of aromatic hydroxyl groups is 1. The lowest BCUT2D eigenvalue weighted by Gasteiger charge is -2.50. The Morgan fingerprint density at radius 3 is 2.49 bits per heavy atom. The summed E-state index contributed by atoms with van der Waals surface area (Å²) in [7, 11) is 1.35. The van der Waals surface area contributed by atoms with Crippen LogP contribution >= 0.6 is 55.1 Å². The molecule has 6 rings (SSSR count). The van der Waals surface area contributed by atoms with Crippen LogP contribution in [0.5, 0.6) is 11.5 Å². The zero-order valence-corrected chi connectivity index (χ0v) is 26.8. The van der Waals surface area contributed by atoms with Crippen LogP contribution in [0.3, 0.4) is 0 Å². The van der Waals surface area contributed by atoms with E-state index in [2.05, 4.69) is 31.9 Å². The molecule has 0 bridgehead atoms. The number of ether oxygens (including phenoxy) is 1. The van der Waals surface area contributed by atoms with Gasteiger partial charge in [0.2, 0.25) is 11.8 Å². The Hall–Kier alpha value is -3.00. The summed E-state index contributed by atoms with van der Waals surface area (Å²) < 4.78 is 5.82. The lowest BCUT2D eigenvalue weighted by atomic mass is 9.56. The Bertz CT molecular complexity index is 1690. The summed E-state index contributed by atoms with van der Waals surface area (Å²) >= 11 is 21.0. The maximum absolute atomic E-state index is 14.1. The number of carbonyl (C=O) groups is 4. The number of non-ortho nitro benzene ring substituents is 1. The Balaban J connectivity index is 1.54. The molecule has 4 aliphatic rings. The number of hydrogen-bond acceptors (Lipinski definition) is 8. The second-order valence-electron chi connectivity index (χ2n) is 10.8. The molecule has 2 aliphatic heterocycles. The lowest BCUT2D eigenvalue weighted by Crippen LogP contribution is -2.60. The minimum atomic E-state index is -2.11. The number of phenolic OH excluding ortho intramolecular Hbond substituents is 1. The second kappa shape index (κ2) is 10.3. The van der Waals surface area contributed by atoms with Crippen molar-refractivity contribution in [3.63, 3.8) is 0 Å². The first kappa shape index (κ1) is 30.0. The maximum atomic E-state index is 14.1. The number of phenols is 1. The summed E-state index contributed by atoms with van der Waals surface area (Å²) in [6.07, 6.45) is 1.56. The van der Waals surface area contributed by atoms with E-state index in [1.54, 1.807) is 12.1 Å². The molecule has 3 fully saturated rings. The van der Waals surface area contributed by atoms with Gasteiger partial charge in [-0.2, -0.15) is 0 Å². The normalized spacial score (nSPS) is 31.5. The van der Waals surface area contributed by atoms with Crippen LogP contribution in [-0.2, 0) is 19.2 Å². The molecule has 0 radical (unpaired) electrons. The molecule has 0 unspecified atom stereocenters. The van der Waals surface area contributed by atoms with Crippen LogP contribution in [0.25, 0.3) is 0 Å². The average molecular weight is 758 g/mol. The highest BCUT2D eigenvalue weighted by Crippen LogP contribution is 2.66. The van der Waals surface area contributed by atoms with Crippen molar-refractivity contribution in [2.75, 3.05) is 17.5 Å². The van der Waals surface area contributed by atoms with Crippen LogP contribution in [0.2, 0.25) is 0 Å². The molecule has 2 heterocycles. The number of nitrogens with zero attached hydrogens (tertiary/aromatic N) is 3. The molecule has 2 aromatic rings. The van der Waals surface area contributed by atoms with Crippen LogP contribution in [0.4, 0.5) is 11.4 Å². The molecule has 15 heteroatoms. The highest BCUT2D eigenvalue weighted by atomic mass is 79.9. The summed E-state index contributed by atoms with van der Waals surface area (Å²) in [6.45, 7) is 0. The van der Waals surface area contributed by atoms with Crippen LogP contribution in [-0.4, -0.2) is 60.9 Å². The molecule has 2 aromatic carbocycles. The van der Waals surface area contributed by atoms with E-state index in [1.807, 2.05) is 0 Å². The summed E-state index contributed by atoms with van der Waals surface area (Å²) in [4.78, 5) is 63.9. The fourth-order valence-corrected chi connectivity index (χ4v) is 8.94. The number of benzene rings is 2. The van der Waals surface area contributed by atoms with Gasteiger partial charge in [-0.1, -0.05) is 49.6 Å². The zero-order chi connectivity index (χ0) is 31.2. The molecular weight excluding hydrogens is 737 g/mol. The van der Waals surface area contributed by atoms with Crippen molar-refractivity contribution in [1.29, 1.82) is 0 Å². The number of allylic oxidation sites excluding steroid dienone is 2. The van der Waals surface area contributed by atoms with Gasteiger partial charge in [0, 0.05) is 28.1 Å². The SMILES string of the molecule is COc1cc(Br)cc([C@H]2C3=CC[C@@H]4C(=O)N(c5cccc([N+](=O)[O-])c5)C(=O)[C@@H]4[C@@H]3C[C@@]3(Cl)C(=O)N(CBr)C(=O)[C@@]23Cl)c1O. The van der Waals surface area contributed by atoms with Crippen molar-refractivity contribution in [3.05, 3.63) is 68.2 Å². The third-order valence-corrected chi connectivity index (χ3v) is 11.3. The minimum absolute atomic E-state index is 0.0479. The van der Waals surface area contributed by atoms with Crippen molar-refractivity contribution >= 4 is 90.1 Å². The number of nitro groups is 1. The van der Waals surface area contributed by atoms with Gasteiger partial charge in [0.1, 0.15) is 0 Å². The quantitative estimate of drug-likeness (QED) is 0.112. The van der Waals surface area contributed by atoms with E-state index >= 15 is 0 Å². The predicted molar refractivity (Wildman–Crippen MR) is 161 cm³/mol. The Morgan fingerprint density at radius 2 is 1.84 bits per heavy atom. The number of fused-ring (bicyclic) bond motifs is 4. The number of likely N-dealkylation sites (tertiary alicyclic amines) is 1. The van der Waals surface area contributed by atoms with Gasteiger partial charge in [-0.3, -0.25) is 34.2 Å². The number of alkyl halides is 3. The van der Waals surface area contributed by atoms with Crippen LogP contribution in [0.15, 0.2) is 52.5 Å². The smallest absolute Gasteiger partial charge is 0.271 e. The molecule has 11 nitrogen and oxygen atoms in total. The Morgan fingerprint density at radius 1 is 1.12 bits per heavy atom. The van der Waals surface area contributed by atoms with E-state index in [0.717, 1.165) is 15.9 Å². The highest BCUT2D eigenvalue weighted by molar-refractivity contribution is 9.10. The average Bonchev–Trinajstić information content (AvgIpc) is 3.31. The van der Waals surface area contributed by atoms with Gasteiger partial charge in [0.25, 0.3) is 17.5 Å². The van der Waals surface area contributed by atoms with Crippen LogP contribution in [0, 0.1) is 27.9 Å². The van der Waals surface area contributed by atoms with E-state index in [9.17, 15) is 34.4 Å². The van der Waals surface area contributed by atoms with E-state index in [4.69, 9.17) is 27.9 Å². The Labute approximate surface area is 271 Å². The number of imide groups is 2. The molecule has 1 saturated carbocycles. The van der Waals surface area contributed by atoms with E-state index < -0.39 is 62.0 Å². The number of anilines is 1. The molecule has 43 heavy (non-hydrogen) atoms. The second-order valence-corrected chi connectivity index (χ2v) is 13.5. The highest BCUT2D eigenvalue weighted by Gasteiger charge is 2.76. The van der Waals surface area contributed by atoms with Crippen molar-refractivity contribution in [1.82, 2.24) is 4.90 Å². The minimum Gasteiger partial charge on any atom is -0.504 e. The molecule has 4 amide bonds. The maximum Gasteiger partial charge on any atom is 0.271 e. The van der Waals surface area contributed by atoms with Crippen molar-refractivity contribution < 1.29 is 33.9 Å².